The Balaban J connectivity index is 1.78. The molecule has 0 heterocycles. The van der Waals surface area contributed by atoms with Gasteiger partial charge in [-0.25, -0.2) is 17.5 Å². The molecule has 2 fully saturated rings. The van der Waals surface area contributed by atoms with Crippen molar-refractivity contribution < 1.29 is 17.6 Å². The molecule has 2 aliphatic carbocycles. The maximum absolute atomic E-state index is 14.0. The summed E-state index contributed by atoms with van der Waals surface area (Å²) in [5.74, 6) is -0.801. The summed E-state index contributed by atoms with van der Waals surface area (Å²) in [6.07, 6.45) is 5.76. The van der Waals surface area contributed by atoms with Crippen LogP contribution in [0, 0.1) is 11.7 Å². The van der Waals surface area contributed by atoms with Gasteiger partial charge < -0.3 is 5.32 Å². The smallest absolute Gasteiger partial charge is 0.251 e. The lowest BCUT2D eigenvalue weighted by molar-refractivity contribution is 0.0910. The Labute approximate surface area is 142 Å². The highest BCUT2D eigenvalue weighted by molar-refractivity contribution is 7.89. The zero-order chi connectivity index (χ0) is 17.3. The van der Waals surface area contributed by atoms with Crippen LogP contribution in [0.4, 0.5) is 4.39 Å². The van der Waals surface area contributed by atoms with E-state index in [1.165, 1.54) is 12.5 Å². The van der Waals surface area contributed by atoms with Crippen LogP contribution in [-0.2, 0) is 10.0 Å². The largest absolute Gasteiger partial charge is 0.349 e. The van der Waals surface area contributed by atoms with E-state index in [1.54, 1.807) is 0 Å². The van der Waals surface area contributed by atoms with Crippen molar-refractivity contribution in [2.45, 2.75) is 62.4 Å². The number of halogens is 1. The molecule has 0 aliphatic heterocycles. The van der Waals surface area contributed by atoms with E-state index in [-0.39, 0.29) is 23.6 Å². The third-order valence-corrected chi connectivity index (χ3v) is 6.35. The fraction of sp³-hybridized carbons (Fsp3) is 0.588. The number of hydrogen-bond donors (Lipinski definition) is 2. The number of amides is 1. The van der Waals surface area contributed by atoms with Gasteiger partial charge in [0.05, 0.1) is 0 Å². The van der Waals surface area contributed by atoms with Gasteiger partial charge in [-0.05, 0) is 49.8 Å². The molecule has 2 N–H and O–H groups in total. The number of carbonyl (C=O) groups excluding carboxylic acids is 1. The van der Waals surface area contributed by atoms with Gasteiger partial charge in [0, 0.05) is 17.6 Å². The third-order valence-electron chi connectivity index (χ3n) is 4.81. The van der Waals surface area contributed by atoms with Crippen molar-refractivity contribution in [2.24, 2.45) is 5.92 Å². The standard InChI is InChI=1S/C17H23FN2O3S/c1-11-4-2-3-5-15(11)19-17(21)12-6-9-14(18)16(10-12)24(22,23)20-13-7-8-13/h6,9-11,13,15,20H,2-5,7-8H2,1H3,(H,19,21). The van der Waals surface area contributed by atoms with Crippen LogP contribution in [0.5, 0.6) is 0 Å². The topological polar surface area (TPSA) is 75.3 Å². The molecular formula is C17H23FN2O3S. The molecule has 3 rings (SSSR count). The van der Waals surface area contributed by atoms with Crippen molar-refractivity contribution in [3.63, 3.8) is 0 Å². The summed E-state index contributed by atoms with van der Waals surface area (Å²) in [6, 6.07) is 3.47. The number of carbonyl (C=O) groups is 1. The highest BCUT2D eigenvalue weighted by Crippen LogP contribution is 2.25. The molecule has 2 aliphatic rings. The summed E-state index contributed by atoms with van der Waals surface area (Å²) in [4.78, 5) is 12.0. The first-order valence-corrected chi connectivity index (χ1v) is 9.98. The van der Waals surface area contributed by atoms with E-state index in [0.29, 0.717) is 5.92 Å². The molecule has 1 aromatic rings. The summed E-state index contributed by atoms with van der Waals surface area (Å²) < 4.78 is 40.9. The molecule has 1 amide bonds. The average molecular weight is 354 g/mol. The molecule has 2 saturated carbocycles. The van der Waals surface area contributed by atoms with Gasteiger partial charge in [-0.2, -0.15) is 0 Å². The number of hydrogen-bond acceptors (Lipinski definition) is 3. The quantitative estimate of drug-likeness (QED) is 0.853. The lowest BCUT2D eigenvalue weighted by Crippen LogP contribution is -2.41. The molecule has 0 spiro atoms. The van der Waals surface area contributed by atoms with Crippen molar-refractivity contribution in [3.8, 4) is 0 Å². The van der Waals surface area contributed by atoms with Crippen molar-refractivity contribution in [3.05, 3.63) is 29.6 Å². The van der Waals surface area contributed by atoms with Crippen molar-refractivity contribution >= 4 is 15.9 Å². The van der Waals surface area contributed by atoms with Crippen LogP contribution in [0.1, 0.15) is 55.8 Å². The highest BCUT2D eigenvalue weighted by atomic mass is 32.2. The molecule has 2 atom stereocenters. The Morgan fingerprint density at radius 2 is 1.88 bits per heavy atom. The van der Waals surface area contributed by atoms with Crippen molar-refractivity contribution in [1.82, 2.24) is 10.0 Å². The Morgan fingerprint density at radius 1 is 1.17 bits per heavy atom. The molecule has 7 heteroatoms. The first-order chi connectivity index (χ1) is 11.4. The van der Waals surface area contributed by atoms with Crippen LogP contribution in [0.15, 0.2) is 23.1 Å². The minimum Gasteiger partial charge on any atom is -0.349 e. The van der Waals surface area contributed by atoms with Crippen LogP contribution in [0.2, 0.25) is 0 Å². The highest BCUT2D eigenvalue weighted by Gasteiger charge is 2.30. The number of rotatable bonds is 5. The SMILES string of the molecule is CC1CCCCC1NC(=O)c1ccc(F)c(S(=O)(=O)NC2CC2)c1. The van der Waals surface area contributed by atoms with Gasteiger partial charge in [0.25, 0.3) is 5.91 Å². The molecule has 24 heavy (non-hydrogen) atoms. The van der Waals surface area contributed by atoms with Crippen molar-refractivity contribution in [2.75, 3.05) is 0 Å². The molecule has 0 bridgehead atoms. The second-order valence-electron chi connectivity index (χ2n) is 6.88. The summed E-state index contributed by atoms with van der Waals surface area (Å²) in [6.45, 7) is 2.10. The van der Waals surface area contributed by atoms with Gasteiger partial charge in [0.15, 0.2) is 0 Å². The predicted octanol–water partition coefficient (Wildman–Crippen LogP) is 2.57. The maximum atomic E-state index is 14.0. The molecule has 2 unspecified atom stereocenters. The molecule has 132 valence electrons. The van der Waals surface area contributed by atoms with E-state index in [1.807, 2.05) is 0 Å². The Kier molecular flexibility index (Phi) is 4.92. The summed E-state index contributed by atoms with van der Waals surface area (Å²) in [5.41, 5.74) is 0.172. The first kappa shape index (κ1) is 17.4. The van der Waals surface area contributed by atoms with E-state index in [4.69, 9.17) is 0 Å². The summed E-state index contributed by atoms with van der Waals surface area (Å²) >= 11 is 0. The first-order valence-electron chi connectivity index (χ1n) is 8.49. The second kappa shape index (κ2) is 6.80. The fourth-order valence-electron chi connectivity index (χ4n) is 3.12. The van der Waals surface area contributed by atoms with E-state index in [9.17, 15) is 17.6 Å². The number of nitrogens with one attached hydrogen (secondary N) is 2. The Hall–Kier alpha value is -1.47. The molecule has 0 aromatic heterocycles. The zero-order valence-electron chi connectivity index (χ0n) is 13.7. The monoisotopic (exact) mass is 354 g/mol. The lowest BCUT2D eigenvalue weighted by Gasteiger charge is -2.29. The summed E-state index contributed by atoms with van der Waals surface area (Å²) in [5, 5.41) is 2.96. The minimum absolute atomic E-state index is 0.0842. The third kappa shape index (κ3) is 3.95. The Morgan fingerprint density at radius 3 is 2.54 bits per heavy atom. The van der Waals surface area contributed by atoms with Crippen LogP contribution in [-0.4, -0.2) is 26.4 Å². The summed E-state index contributed by atoms with van der Waals surface area (Å²) in [7, 11) is -3.93. The van der Waals surface area contributed by atoms with E-state index >= 15 is 0 Å². The van der Waals surface area contributed by atoms with Crippen LogP contribution in [0.25, 0.3) is 0 Å². The van der Waals surface area contributed by atoms with Gasteiger partial charge in [0.2, 0.25) is 10.0 Å². The van der Waals surface area contributed by atoms with Gasteiger partial charge in [-0.15, -0.1) is 0 Å². The Bertz CT molecular complexity index is 731. The molecule has 0 saturated heterocycles. The van der Waals surface area contributed by atoms with Crippen LogP contribution in [0.3, 0.4) is 0 Å². The number of sulfonamides is 1. The molecular weight excluding hydrogens is 331 g/mol. The van der Waals surface area contributed by atoms with Crippen molar-refractivity contribution in [1.29, 1.82) is 0 Å². The van der Waals surface area contributed by atoms with Gasteiger partial charge in [-0.3, -0.25) is 4.79 Å². The van der Waals surface area contributed by atoms with Crippen LogP contribution < -0.4 is 10.0 Å². The van der Waals surface area contributed by atoms with E-state index in [0.717, 1.165) is 44.2 Å². The second-order valence-corrected chi connectivity index (χ2v) is 8.56. The average Bonchev–Trinajstić information content (AvgIpc) is 3.33. The minimum atomic E-state index is -3.93. The zero-order valence-corrected chi connectivity index (χ0v) is 14.5. The lowest BCUT2D eigenvalue weighted by atomic mass is 9.86. The number of benzene rings is 1. The van der Waals surface area contributed by atoms with Gasteiger partial charge in [-0.1, -0.05) is 19.8 Å². The van der Waals surface area contributed by atoms with Crippen LogP contribution >= 0.6 is 0 Å². The predicted molar refractivity (Wildman–Crippen MR) is 88.6 cm³/mol. The van der Waals surface area contributed by atoms with E-state index < -0.39 is 20.7 Å². The van der Waals surface area contributed by atoms with Gasteiger partial charge in [0.1, 0.15) is 10.7 Å². The normalized spacial score (nSPS) is 24.6. The maximum Gasteiger partial charge on any atom is 0.251 e. The van der Waals surface area contributed by atoms with E-state index in [2.05, 4.69) is 17.0 Å². The fourth-order valence-corrected chi connectivity index (χ4v) is 4.53. The van der Waals surface area contributed by atoms with Gasteiger partial charge >= 0.3 is 0 Å². The molecule has 5 nitrogen and oxygen atoms in total. The molecule has 0 radical (unpaired) electrons. The molecule has 1 aromatic carbocycles.